The van der Waals surface area contributed by atoms with Crippen LogP contribution in [0.2, 0.25) is 0 Å². The van der Waals surface area contributed by atoms with Crippen LogP contribution in [-0.4, -0.2) is 43.8 Å². The minimum atomic E-state index is -1.08. The van der Waals surface area contributed by atoms with Crippen molar-refractivity contribution in [2.24, 2.45) is 0 Å². The summed E-state index contributed by atoms with van der Waals surface area (Å²) in [6, 6.07) is 0. The first-order valence-corrected chi connectivity index (χ1v) is 4.86. The van der Waals surface area contributed by atoms with E-state index in [2.05, 4.69) is 11.7 Å². The lowest BCUT2D eigenvalue weighted by Gasteiger charge is -2.12. The smallest absolute Gasteiger partial charge is 0.347 e. The normalized spacial score (nSPS) is 28.6. The maximum atomic E-state index is 11.5. The molecule has 1 fully saturated rings. The van der Waals surface area contributed by atoms with Gasteiger partial charge in [-0.2, -0.15) is 9.78 Å². The van der Waals surface area contributed by atoms with Crippen LogP contribution in [-0.2, 0) is 4.74 Å². The number of ether oxygens (including phenoxy) is 1. The second-order valence-corrected chi connectivity index (χ2v) is 3.61. The highest BCUT2D eigenvalue weighted by atomic mass is 16.5. The molecule has 0 radical (unpaired) electrons. The highest BCUT2D eigenvalue weighted by Gasteiger charge is 2.39. The number of aromatic amines is 1. The number of hydrogen-bond donors (Lipinski definition) is 3. The molecule has 0 bridgehead atoms. The molecule has 8 nitrogen and oxygen atoms in total. The van der Waals surface area contributed by atoms with Gasteiger partial charge in [0.05, 0.1) is 6.61 Å². The van der Waals surface area contributed by atoms with Crippen molar-refractivity contribution < 1.29 is 14.9 Å². The largest absolute Gasteiger partial charge is 0.394 e. The first-order valence-electron chi connectivity index (χ1n) is 4.86. The van der Waals surface area contributed by atoms with Gasteiger partial charge in [0.25, 0.3) is 5.56 Å². The molecular formula is C9H11N3O5. The number of rotatable bonds is 2. The van der Waals surface area contributed by atoms with Crippen molar-refractivity contribution in [2.45, 2.75) is 18.4 Å². The van der Waals surface area contributed by atoms with Gasteiger partial charge in [-0.1, -0.05) is 6.58 Å². The van der Waals surface area contributed by atoms with Crippen molar-refractivity contribution in [3.63, 3.8) is 0 Å². The molecule has 0 spiro atoms. The SMILES string of the molecule is C=C1[C@H](n2ncc(=O)[nH]c2=O)O[C@H](CO)[C@H]1O. The number of H-pyrrole nitrogens is 1. The summed E-state index contributed by atoms with van der Waals surface area (Å²) in [5, 5.41) is 22.2. The third-order valence-corrected chi connectivity index (χ3v) is 2.49. The Balaban J connectivity index is 2.39. The standard InChI is InChI=1S/C9H11N3O5/c1-4-7(15)5(3-13)17-8(4)12-9(16)11-6(14)2-10-12/h2,5,7-8,13,15H,1,3H2,(H,11,14,16)/t5-,7+,8-/m1/s1. The van der Waals surface area contributed by atoms with Crippen molar-refractivity contribution >= 4 is 0 Å². The summed E-state index contributed by atoms with van der Waals surface area (Å²) in [5.74, 6) is 0. The maximum absolute atomic E-state index is 11.5. The summed E-state index contributed by atoms with van der Waals surface area (Å²) in [7, 11) is 0. The van der Waals surface area contributed by atoms with Crippen LogP contribution < -0.4 is 11.2 Å². The fraction of sp³-hybridized carbons (Fsp3) is 0.444. The van der Waals surface area contributed by atoms with E-state index in [1.54, 1.807) is 0 Å². The Kier molecular flexibility index (Phi) is 2.92. The topological polar surface area (TPSA) is 117 Å². The molecule has 3 atom stereocenters. The molecule has 1 aromatic heterocycles. The highest BCUT2D eigenvalue weighted by molar-refractivity contribution is 5.13. The van der Waals surface area contributed by atoms with E-state index in [1.165, 1.54) is 0 Å². The summed E-state index contributed by atoms with van der Waals surface area (Å²) < 4.78 is 6.07. The monoisotopic (exact) mass is 241 g/mol. The van der Waals surface area contributed by atoms with Crippen molar-refractivity contribution in [1.82, 2.24) is 14.8 Å². The zero-order valence-electron chi connectivity index (χ0n) is 8.74. The lowest BCUT2D eigenvalue weighted by atomic mass is 10.1. The molecule has 1 aliphatic heterocycles. The minimum absolute atomic E-state index is 0.200. The maximum Gasteiger partial charge on any atom is 0.347 e. The molecule has 3 N–H and O–H groups in total. The van der Waals surface area contributed by atoms with Crippen LogP contribution in [0.3, 0.4) is 0 Å². The molecule has 8 heteroatoms. The van der Waals surface area contributed by atoms with Crippen LogP contribution in [0, 0.1) is 0 Å². The number of nitrogens with one attached hydrogen (secondary N) is 1. The van der Waals surface area contributed by atoms with Crippen LogP contribution in [0.15, 0.2) is 27.9 Å². The van der Waals surface area contributed by atoms with Gasteiger partial charge in [0.1, 0.15) is 18.4 Å². The van der Waals surface area contributed by atoms with Gasteiger partial charge in [-0.15, -0.1) is 0 Å². The number of hydrogen-bond acceptors (Lipinski definition) is 6. The molecule has 0 amide bonds. The average Bonchev–Trinajstić information content (AvgIpc) is 2.57. The predicted octanol–water partition coefficient (Wildman–Crippen LogP) is -2.26. The fourth-order valence-corrected chi connectivity index (χ4v) is 1.60. The Labute approximate surface area is 94.8 Å². The van der Waals surface area contributed by atoms with Gasteiger partial charge in [-0.3, -0.25) is 9.78 Å². The second kappa shape index (κ2) is 4.24. The van der Waals surface area contributed by atoms with Gasteiger partial charge in [-0.05, 0) is 0 Å². The van der Waals surface area contributed by atoms with Crippen molar-refractivity contribution in [3.05, 3.63) is 39.2 Å². The second-order valence-electron chi connectivity index (χ2n) is 3.61. The molecule has 0 aromatic carbocycles. The molecule has 17 heavy (non-hydrogen) atoms. The highest BCUT2D eigenvalue weighted by Crippen LogP contribution is 2.30. The Hall–Kier alpha value is -1.77. The van der Waals surface area contributed by atoms with Gasteiger partial charge < -0.3 is 14.9 Å². The van der Waals surface area contributed by atoms with E-state index in [4.69, 9.17) is 9.84 Å². The van der Waals surface area contributed by atoms with E-state index in [0.29, 0.717) is 0 Å². The molecule has 1 aromatic rings. The summed E-state index contributed by atoms with van der Waals surface area (Å²) in [6.45, 7) is 3.17. The molecule has 0 aliphatic carbocycles. The summed E-state index contributed by atoms with van der Waals surface area (Å²) in [5.41, 5.74) is -1.20. The summed E-state index contributed by atoms with van der Waals surface area (Å²) in [6.07, 6.45) is -2.01. The van der Waals surface area contributed by atoms with Crippen LogP contribution in [0.5, 0.6) is 0 Å². The number of aromatic nitrogens is 3. The van der Waals surface area contributed by atoms with Crippen LogP contribution in [0.1, 0.15) is 6.23 Å². The number of aliphatic hydroxyl groups excluding tert-OH is 2. The zero-order valence-corrected chi connectivity index (χ0v) is 8.74. The molecule has 0 saturated carbocycles. The summed E-state index contributed by atoms with van der Waals surface area (Å²) in [4.78, 5) is 24.3. The number of nitrogens with zero attached hydrogens (tertiary/aromatic N) is 2. The van der Waals surface area contributed by atoms with E-state index >= 15 is 0 Å². The van der Waals surface area contributed by atoms with Gasteiger partial charge in [0.2, 0.25) is 0 Å². The Bertz CT molecular complexity index is 548. The van der Waals surface area contributed by atoms with E-state index < -0.39 is 36.3 Å². The Morgan fingerprint density at radius 2 is 2.29 bits per heavy atom. The predicted molar refractivity (Wildman–Crippen MR) is 55.3 cm³/mol. The van der Waals surface area contributed by atoms with E-state index in [0.717, 1.165) is 10.9 Å². The molecule has 2 rings (SSSR count). The minimum Gasteiger partial charge on any atom is -0.394 e. The number of aliphatic hydroxyl groups is 2. The quantitative estimate of drug-likeness (QED) is 0.503. The first-order chi connectivity index (χ1) is 8.04. The summed E-state index contributed by atoms with van der Waals surface area (Å²) >= 11 is 0. The molecule has 1 saturated heterocycles. The average molecular weight is 241 g/mol. The Morgan fingerprint density at radius 1 is 1.59 bits per heavy atom. The van der Waals surface area contributed by atoms with E-state index in [-0.39, 0.29) is 5.57 Å². The Morgan fingerprint density at radius 3 is 2.82 bits per heavy atom. The van der Waals surface area contributed by atoms with Crippen molar-refractivity contribution in [1.29, 1.82) is 0 Å². The molecule has 2 heterocycles. The van der Waals surface area contributed by atoms with Crippen molar-refractivity contribution in [2.75, 3.05) is 6.61 Å². The van der Waals surface area contributed by atoms with Gasteiger partial charge in [0, 0.05) is 5.57 Å². The van der Waals surface area contributed by atoms with Crippen LogP contribution in [0.4, 0.5) is 0 Å². The third-order valence-electron chi connectivity index (χ3n) is 2.49. The molecule has 1 aliphatic rings. The van der Waals surface area contributed by atoms with Gasteiger partial charge in [-0.25, -0.2) is 4.79 Å². The fourth-order valence-electron chi connectivity index (χ4n) is 1.60. The first kappa shape index (κ1) is 11.7. The third kappa shape index (κ3) is 1.93. The van der Waals surface area contributed by atoms with Gasteiger partial charge >= 0.3 is 5.69 Å². The van der Waals surface area contributed by atoms with E-state index in [9.17, 15) is 14.7 Å². The molecular weight excluding hydrogens is 230 g/mol. The van der Waals surface area contributed by atoms with E-state index in [1.807, 2.05) is 4.98 Å². The molecule has 0 unspecified atom stereocenters. The van der Waals surface area contributed by atoms with Gasteiger partial charge in [0.15, 0.2) is 6.23 Å². The lowest BCUT2D eigenvalue weighted by Crippen LogP contribution is -2.34. The van der Waals surface area contributed by atoms with Crippen LogP contribution >= 0.6 is 0 Å². The lowest BCUT2D eigenvalue weighted by molar-refractivity contribution is -0.0491. The van der Waals surface area contributed by atoms with Crippen LogP contribution in [0.25, 0.3) is 0 Å². The molecule has 92 valence electrons. The zero-order chi connectivity index (χ0) is 12.6. The van der Waals surface area contributed by atoms with Crippen molar-refractivity contribution in [3.8, 4) is 0 Å².